The molecule has 1 aliphatic rings. The van der Waals surface area contributed by atoms with Crippen molar-refractivity contribution in [2.24, 2.45) is 0 Å². The SMILES string of the molecule is CN1C[C@@H](c2ccc(Br)cc2)NC1=O. The van der Waals surface area contributed by atoms with Crippen molar-refractivity contribution in [3.05, 3.63) is 34.3 Å². The molecule has 1 heterocycles. The zero-order valence-corrected chi connectivity index (χ0v) is 9.41. The number of halogens is 1. The second-order valence-corrected chi connectivity index (χ2v) is 4.35. The van der Waals surface area contributed by atoms with Gasteiger partial charge < -0.3 is 10.2 Å². The van der Waals surface area contributed by atoms with E-state index in [1.165, 1.54) is 0 Å². The quantitative estimate of drug-likeness (QED) is 0.819. The number of nitrogens with one attached hydrogen (secondary N) is 1. The van der Waals surface area contributed by atoms with Crippen molar-refractivity contribution in [2.45, 2.75) is 6.04 Å². The summed E-state index contributed by atoms with van der Waals surface area (Å²) in [7, 11) is 1.80. The van der Waals surface area contributed by atoms with E-state index in [1.54, 1.807) is 11.9 Å². The topological polar surface area (TPSA) is 32.3 Å². The van der Waals surface area contributed by atoms with Gasteiger partial charge in [-0.05, 0) is 17.7 Å². The molecule has 0 radical (unpaired) electrons. The van der Waals surface area contributed by atoms with Gasteiger partial charge >= 0.3 is 6.03 Å². The predicted octanol–water partition coefficient (Wildman–Crippen LogP) is 2.15. The molecule has 0 aromatic heterocycles. The van der Waals surface area contributed by atoms with Crippen LogP contribution in [0.25, 0.3) is 0 Å². The number of benzene rings is 1. The molecule has 3 nitrogen and oxygen atoms in total. The molecule has 0 spiro atoms. The third-order valence-electron chi connectivity index (χ3n) is 2.37. The molecule has 1 aromatic rings. The first-order valence-corrected chi connectivity index (χ1v) is 5.23. The lowest BCUT2D eigenvalue weighted by atomic mass is 10.1. The number of amides is 2. The van der Waals surface area contributed by atoms with Crippen LogP contribution >= 0.6 is 15.9 Å². The molecule has 0 saturated carbocycles. The highest BCUT2D eigenvalue weighted by molar-refractivity contribution is 9.10. The van der Waals surface area contributed by atoms with Crippen LogP contribution in [0, 0.1) is 0 Å². The van der Waals surface area contributed by atoms with Crippen LogP contribution in [0.5, 0.6) is 0 Å². The number of rotatable bonds is 1. The van der Waals surface area contributed by atoms with Gasteiger partial charge in [-0.2, -0.15) is 0 Å². The average Bonchev–Trinajstić information content (AvgIpc) is 2.48. The van der Waals surface area contributed by atoms with Crippen molar-refractivity contribution in [2.75, 3.05) is 13.6 Å². The number of carbonyl (C=O) groups excluding carboxylic acids is 1. The summed E-state index contributed by atoms with van der Waals surface area (Å²) in [5.74, 6) is 0. The Kier molecular flexibility index (Phi) is 2.46. The summed E-state index contributed by atoms with van der Waals surface area (Å²) < 4.78 is 1.05. The van der Waals surface area contributed by atoms with E-state index in [-0.39, 0.29) is 12.1 Å². The first-order chi connectivity index (χ1) is 6.66. The lowest BCUT2D eigenvalue weighted by Gasteiger charge is -2.09. The normalized spacial score (nSPS) is 21.1. The Morgan fingerprint density at radius 2 is 2.07 bits per heavy atom. The van der Waals surface area contributed by atoms with Crippen LogP contribution in [0.2, 0.25) is 0 Å². The minimum atomic E-state index is -0.00193. The van der Waals surface area contributed by atoms with E-state index in [2.05, 4.69) is 21.2 Å². The standard InChI is InChI=1S/C10H11BrN2O/c1-13-6-9(12-10(13)14)7-2-4-8(11)5-3-7/h2-5,9H,6H2,1H3,(H,12,14)/t9-/m0/s1. The van der Waals surface area contributed by atoms with Gasteiger partial charge in [0, 0.05) is 18.1 Å². The summed E-state index contributed by atoms with van der Waals surface area (Å²) >= 11 is 3.38. The fraction of sp³-hybridized carbons (Fsp3) is 0.300. The van der Waals surface area contributed by atoms with E-state index in [9.17, 15) is 4.79 Å². The van der Waals surface area contributed by atoms with Crippen molar-refractivity contribution in [3.8, 4) is 0 Å². The van der Waals surface area contributed by atoms with Gasteiger partial charge in [0.15, 0.2) is 0 Å². The molecule has 0 unspecified atom stereocenters. The number of nitrogens with zero attached hydrogens (tertiary/aromatic N) is 1. The Morgan fingerprint density at radius 3 is 2.57 bits per heavy atom. The van der Waals surface area contributed by atoms with Gasteiger partial charge in [0.2, 0.25) is 0 Å². The van der Waals surface area contributed by atoms with Crippen molar-refractivity contribution in [1.82, 2.24) is 10.2 Å². The molecule has 1 aromatic carbocycles. The smallest absolute Gasteiger partial charge is 0.317 e. The minimum absolute atomic E-state index is 0.00193. The van der Waals surface area contributed by atoms with E-state index in [4.69, 9.17) is 0 Å². The average molecular weight is 255 g/mol. The zero-order chi connectivity index (χ0) is 10.1. The Hall–Kier alpha value is -1.03. The molecule has 0 aliphatic carbocycles. The Bertz CT molecular complexity index is 350. The van der Waals surface area contributed by atoms with Gasteiger partial charge in [0.05, 0.1) is 6.04 Å². The monoisotopic (exact) mass is 254 g/mol. The van der Waals surface area contributed by atoms with Crippen LogP contribution in [0.4, 0.5) is 4.79 Å². The van der Waals surface area contributed by atoms with Gasteiger partial charge in [-0.3, -0.25) is 0 Å². The summed E-state index contributed by atoms with van der Waals surface area (Å²) in [5, 5.41) is 2.91. The molecule has 4 heteroatoms. The molecule has 1 N–H and O–H groups in total. The number of carbonyl (C=O) groups is 1. The van der Waals surface area contributed by atoms with Crippen LogP contribution in [-0.2, 0) is 0 Å². The molecule has 1 saturated heterocycles. The van der Waals surface area contributed by atoms with E-state index in [0.29, 0.717) is 0 Å². The highest BCUT2D eigenvalue weighted by Crippen LogP contribution is 2.20. The summed E-state index contributed by atoms with van der Waals surface area (Å²) in [6.45, 7) is 0.737. The maximum absolute atomic E-state index is 11.2. The van der Waals surface area contributed by atoms with Gasteiger partial charge in [0.1, 0.15) is 0 Å². The Morgan fingerprint density at radius 1 is 1.43 bits per heavy atom. The number of likely N-dealkylation sites (N-methyl/N-ethyl adjacent to an activating group) is 1. The minimum Gasteiger partial charge on any atom is -0.329 e. The molecule has 2 rings (SSSR count). The van der Waals surface area contributed by atoms with E-state index in [1.807, 2.05) is 24.3 Å². The molecule has 0 bridgehead atoms. The Labute approximate surface area is 91.2 Å². The zero-order valence-electron chi connectivity index (χ0n) is 7.83. The van der Waals surface area contributed by atoms with Gasteiger partial charge in [0.25, 0.3) is 0 Å². The molecular weight excluding hydrogens is 244 g/mol. The highest BCUT2D eigenvalue weighted by Gasteiger charge is 2.26. The second kappa shape index (κ2) is 3.61. The molecule has 1 atom stereocenters. The molecule has 14 heavy (non-hydrogen) atoms. The largest absolute Gasteiger partial charge is 0.329 e. The van der Waals surface area contributed by atoms with Gasteiger partial charge in [-0.25, -0.2) is 4.79 Å². The lowest BCUT2D eigenvalue weighted by Crippen LogP contribution is -2.23. The molecular formula is C10H11BrN2O. The van der Waals surface area contributed by atoms with Crippen LogP contribution in [-0.4, -0.2) is 24.5 Å². The highest BCUT2D eigenvalue weighted by atomic mass is 79.9. The first-order valence-electron chi connectivity index (χ1n) is 4.44. The van der Waals surface area contributed by atoms with E-state index < -0.39 is 0 Å². The lowest BCUT2D eigenvalue weighted by molar-refractivity contribution is 0.226. The first kappa shape index (κ1) is 9.52. The van der Waals surface area contributed by atoms with Crippen molar-refractivity contribution >= 4 is 22.0 Å². The third kappa shape index (κ3) is 1.75. The molecule has 1 aliphatic heterocycles. The van der Waals surface area contributed by atoms with E-state index >= 15 is 0 Å². The van der Waals surface area contributed by atoms with Gasteiger partial charge in [-0.1, -0.05) is 28.1 Å². The predicted molar refractivity (Wildman–Crippen MR) is 58.0 cm³/mol. The van der Waals surface area contributed by atoms with Crippen molar-refractivity contribution in [1.29, 1.82) is 0 Å². The molecule has 2 amide bonds. The third-order valence-corrected chi connectivity index (χ3v) is 2.90. The fourth-order valence-corrected chi connectivity index (χ4v) is 1.81. The second-order valence-electron chi connectivity index (χ2n) is 3.43. The number of hydrogen-bond donors (Lipinski definition) is 1. The summed E-state index contributed by atoms with van der Waals surface area (Å²) in [6.07, 6.45) is 0. The van der Waals surface area contributed by atoms with Gasteiger partial charge in [-0.15, -0.1) is 0 Å². The number of hydrogen-bond acceptors (Lipinski definition) is 1. The molecule has 74 valence electrons. The number of urea groups is 1. The van der Waals surface area contributed by atoms with Crippen molar-refractivity contribution in [3.63, 3.8) is 0 Å². The van der Waals surface area contributed by atoms with E-state index in [0.717, 1.165) is 16.6 Å². The Balaban J connectivity index is 2.17. The van der Waals surface area contributed by atoms with Crippen LogP contribution in [0.3, 0.4) is 0 Å². The maximum atomic E-state index is 11.2. The fourth-order valence-electron chi connectivity index (χ4n) is 1.55. The summed E-state index contributed by atoms with van der Waals surface area (Å²) in [5.41, 5.74) is 1.14. The summed E-state index contributed by atoms with van der Waals surface area (Å²) in [6, 6.07) is 8.14. The summed E-state index contributed by atoms with van der Waals surface area (Å²) in [4.78, 5) is 12.9. The van der Waals surface area contributed by atoms with Crippen molar-refractivity contribution < 1.29 is 4.79 Å². The van der Waals surface area contributed by atoms with Crippen LogP contribution in [0.15, 0.2) is 28.7 Å². The molecule has 1 fully saturated rings. The maximum Gasteiger partial charge on any atom is 0.317 e. The van der Waals surface area contributed by atoms with Crippen LogP contribution < -0.4 is 5.32 Å². The van der Waals surface area contributed by atoms with Crippen LogP contribution in [0.1, 0.15) is 11.6 Å².